The number of esters is 1. The van der Waals surface area contributed by atoms with Gasteiger partial charge in [-0.1, -0.05) is 64.5 Å². The first-order chi connectivity index (χ1) is 15.6. The average molecular weight is 487 g/mol. The Hall–Kier alpha value is -3.77. The highest BCUT2D eigenvalue weighted by molar-refractivity contribution is 9.10. The molecule has 0 bridgehead atoms. The number of nitrogens with one attached hydrogen (secondary N) is 1. The average Bonchev–Trinajstić information content (AvgIpc) is 2.80. The van der Waals surface area contributed by atoms with Crippen molar-refractivity contribution in [3.05, 3.63) is 112 Å². The molecular formula is C26H19BrN2O3. The summed E-state index contributed by atoms with van der Waals surface area (Å²) >= 11 is 3.34. The lowest BCUT2D eigenvalue weighted by Gasteiger charge is -2.06. The molecule has 0 saturated heterocycles. The number of hydrogen-bond donors (Lipinski definition) is 1. The van der Waals surface area contributed by atoms with Crippen molar-refractivity contribution in [3.63, 3.8) is 0 Å². The second kappa shape index (κ2) is 10.0. The second-order valence-electron chi connectivity index (χ2n) is 7.08. The molecule has 0 atom stereocenters. The summed E-state index contributed by atoms with van der Waals surface area (Å²) in [7, 11) is 0. The van der Waals surface area contributed by atoms with Gasteiger partial charge in [-0.05, 0) is 64.4 Å². The third-order valence-electron chi connectivity index (χ3n) is 4.78. The van der Waals surface area contributed by atoms with Gasteiger partial charge in [-0.2, -0.15) is 5.10 Å². The highest BCUT2D eigenvalue weighted by Crippen LogP contribution is 2.19. The highest BCUT2D eigenvalue weighted by atomic mass is 79.9. The van der Waals surface area contributed by atoms with Crippen LogP contribution in [0.1, 0.15) is 21.5 Å². The summed E-state index contributed by atoms with van der Waals surface area (Å²) in [5.41, 5.74) is 4.73. The van der Waals surface area contributed by atoms with Crippen LogP contribution in [0, 0.1) is 0 Å². The van der Waals surface area contributed by atoms with Crippen LogP contribution in [0.5, 0.6) is 5.75 Å². The molecule has 0 aliphatic rings. The summed E-state index contributed by atoms with van der Waals surface area (Å²) in [6, 6.07) is 27.7. The molecule has 0 radical (unpaired) electrons. The molecule has 1 amide bonds. The minimum atomic E-state index is -0.437. The predicted molar refractivity (Wildman–Crippen MR) is 129 cm³/mol. The summed E-state index contributed by atoms with van der Waals surface area (Å²) in [5.74, 6) is -0.210. The minimum Gasteiger partial charge on any atom is -0.423 e. The van der Waals surface area contributed by atoms with Crippen molar-refractivity contribution in [1.82, 2.24) is 5.43 Å². The Morgan fingerprint density at radius 2 is 1.66 bits per heavy atom. The fourth-order valence-electron chi connectivity index (χ4n) is 3.24. The molecule has 0 fully saturated rings. The van der Waals surface area contributed by atoms with Gasteiger partial charge < -0.3 is 4.74 Å². The Labute approximate surface area is 193 Å². The molecule has 5 nitrogen and oxygen atoms in total. The first-order valence-electron chi connectivity index (χ1n) is 9.95. The van der Waals surface area contributed by atoms with E-state index in [0.29, 0.717) is 11.3 Å². The van der Waals surface area contributed by atoms with Crippen LogP contribution >= 0.6 is 15.9 Å². The van der Waals surface area contributed by atoms with Crippen molar-refractivity contribution >= 4 is 44.8 Å². The molecular weight excluding hydrogens is 468 g/mol. The molecule has 4 rings (SSSR count). The highest BCUT2D eigenvalue weighted by Gasteiger charge is 2.09. The van der Waals surface area contributed by atoms with Gasteiger partial charge in [-0.25, -0.2) is 10.2 Å². The van der Waals surface area contributed by atoms with Crippen molar-refractivity contribution in [2.75, 3.05) is 0 Å². The first kappa shape index (κ1) is 21.5. The number of ether oxygens (including phenoxy) is 1. The van der Waals surface area contributed by atoms with Gasteiger partial charge >= 0.3 is 5.97 Å². The van der Waals surface area contributed by atoms with E-state index in [1.54, 1.807) is 48.7 Å². The molecule has 4 aromatic rings. The van der Waals surface area contributed by atoms with E-state index >= 15 is 0 Å². The number of halogens is 1. The summed E-state index contributed by atoms with van der Waals surface area (Å²) in [6.07, 6.45) is 1.78. The zero-order valence-electron chi connectivity index (χ0n) is 17.0. The number of amides is 1. The zero-order valence-corrected chi connectivity index (χ0v) is 18.6. The normalized spacial score (nSPS) is 10.9. The largest absolute Gasteiger partial charge is 0.423 e. The van der Waals surface area contributed by atoms with Crippen molar-refractivity contribution in [2.24, 2.45) is 5.10 Å². The number of rotatable bonds is 6. The monoisotopic (exact) mass is 486 g/mol. The van der Waals surface area contributed by atoms with Crippen molar-refractivity contribution < 1.29 is 14.3 Å². The number of carbonyl (C=O) groups is 2. The number of nitrogens with zero attached hydrogens (tertiary/aromatic N) is 1. The molecule has 4 aromatic carbocycles. The van der Waals surface area contributed by atoms with E-state index in [2.05, 4.69) is 26.5 Å². The van der Waals surface area contributed by atoms with E-state index in [0.717, 1.165) is 26.4 Å². The van der Waals surface area contributed by atoms with Crippen molar-refractivity contribution in [1.29, 1.82) is 0 Å². The van der Waals surface area contributed by atoms with Crippen LogP contribution < -0.4 is 10.2 Å². The van der Waals surface area contributed by atoms with Gasteiger partial charge in [-0.15, -0.1) is 0 Å². The summed E-state index contributed by atoms with van der Waals surface area (Å²) in [5, 5.41) is 6.18. The van der Waals surface area contributed by atoms with Crippen molar-refractivity contribution in [3.8, 4) is 5.75 Å². The van der Waals surface area contributed by atoms with Crippen LogP contribution in [0.15, 0.2) is 101 Å². The summed E-state index contributed by atoms with van der Waals surface area (Å²) < 4.78 is 6.19. The van der Waals surface area contributed by atoms with Gasteiger partial charge in [0.2, 0.25) is 5.91 Å². The molecule has 6 heteroatoms. The van der Waals surface area contributed by atoms with Gasteiger partial charge in [0.25, 0.3) is 0 Å². The maximum absolute atomic E-state index is 12.3. The zero-order chi connectivity index (χ0) is 22.3. The fraction of sp³-hybridized carbons (Fsp3) is 0.0385. The van der Waals surface area contributed by atoms with Crippen LogP contribution in [0.25, 0.3) is 10.8 Å². The van der Waals surface area contributed by atoms with Gasteiger partial charge in [0.15, 0.2) is 0 Å². The molecule has 32 heavy (non-hydrogen) atoms. The Kier molecular flexibility index (Phi) is 6.72. The van der Waals surface area contributed by atoms with Gasteiger partial charge in [-0.3, -0.25) is 4.79 Å². The van der Waals surface area contributed by atoms with E-state index in [1.807, 2.05) is 48.5 Å². The van der Waals surface area contributed by atoms with Crippen LogP contribution in [-0.2, 0) is 11.2 Å². The molecule has 0 aliphatic carbocycles. The van der Waals surface area contributed by atoms with Crippen LogP contribution in [0.2, 0.25) is 0 Å². The summed E-state index contributed by atoms with van der Waals surface area (Å²) in [6.45, 7) is 0. The van der Waals surface area contributed by atoms with E-state index < -0.39 is 5.97 Å². The Balaban J connectivity index is 1.32. The molecule has 0 aliphatic heterocycles. The molecule has 0 heterocycles. The lowest BCUT2D eigenvalue weighted by Crippen LogP contribution is -2.19. The first-order valence-corrected chi connectivity index (χ1v) is 10.7. The maximum atomic E-state index is 12.3. The SMILES string of the molecule is O=C(Cc1cccc2ccccc12)N/N=C/c1ccc(OC(=O)c2cccc(Br)c2)cc1. The van der Waals surface area contributed by atoms with Gasteiger partial charge in [0.1, 0.15) is 5.75 Å². The summed E-state index contributed by atoms with van der Waals surface area (Å²) in [4.78, 5) is 24.5. The molecule has 0 spiro atoms. The van der Waals surface area contributed by atoms with Crippen LogP contribution in [0.3, 0.4) is 0 Å². The van der Waals surface area contributed by atoms with E-state index in [4.69, 9.17) is 4.74 Å². The number of benzene rings is 4. The minimum absolute atomic E-state index is 0.197. The molecule has 1 N–H and O–H groups in total. The third kappa shape index (κ3) is 5.47. The van der Waals surface area contributed by atoms with Crippen LogP contribution in [0.4, 0.5) is 0 Å². The number of carbonyl (C=O) groups excluding carboxylic acids is 2. The quantitative estimate of drug-likeness (QED) is 0.169. The van der Waals surface area contributed by atoms with Gasteiger partial charge in [0.05, 0.1) is 18.2 Å². The second-order valence-corrected chi connectivity index (χ2v) is 7.99. The fourth-order valence-corrected chi connectivity index (χ4v) is 3.64. The maximum Gasteiger partial charge on any atom is 0.343 e. The lowest BCUT2D eigenvalue weighted by molar-refractivity contribution is -0.120. The third-order valence-corrected chi connectivity index (χ3v) is 5.28. The Morgan fingerprint density at radius 1 is 0.906 bits per heavy atom. The predicted octanol–water partition coefficient (Wildman–Crippen LogP) is 5.51. The number of fused-ring (bicyclic) bond motifs is 1. The van der Waals surface area contributed by atoms with E-state index in [9.17, 15) is 9.59 Å². The molecule has 0 saturated carbocycles. The molecule has 158 valence electrons. The smallest absolute Gasteiger partial charge is 0.343 e. The molecule has 0 unspecified atom stereocenters. The molecule has 0 aromatic heterocycles. The van der Waals surface area contributed by atoms with E-state index in [1.165, 1.54) is 0 Å². The number of hydrazone groups is 1. The van der Waals surface area contributed by atoms with E-state index in [-0.39, 0.29) is 12.3 Å². The standard InChI is InChI=1S/C26H19BrN2O3/c27-22-9-4-8-21(15-22)26(31)32-23-13-11-18(12-14-23)17-28-29-25(30)16-20-7-3-6-19-5-1-2-10-24(19)20/h1-15,17H,16H2,(H,29,30)/b28-17+. The number of hydrogen-bond acceptors (Lipinski definition) is 4. The van der Waals surface area contributed by atoms with Gasteiger partial charge in [0, 0.05) is 4.47 Å². The topological polar surface area (TPSA) is 67.8 Å². The Bertz CT molecular complexity index is 1290. The Morgan fingerprint density at radius 3 is 2.47 bits per heavy atom. The lowest BCUT2D eigenvalue weighted by atomic mass is 10.0. The van der Waals surface area contributed by atoms with Crippen LogP contribution in [-0.4, -0.2) is 18.1 Å². The van der Waals surface area contributed by atoms with Crippen molar-refractivity contribution in [2.45, 2.75) is 6.42 Å².